The number of nitrogens with zero attached hydrogens (tertiary/aromatic N) is 2. The van der Waals surface area contributed by atoms with E-state index < -0.39 is 0 Å². The molecule has 0 unspecified atom stereocenters. The highest BCUT2D eigenvalue weighted by Crippen LogP contribution is 2.21. The number of carbonyl (C=O) groups is 1. The maximum absolute atomic E-state index is 12.8. The molecule has 0 aliphatic heterocycles. The van der Waals surface area contributed by atoms with Gasteiger partial charge in [-0.2, -0.15) is 5.10 Å². The maximum atomic E-state index is 12.8. The predicted octanol–water partition coefficient (Wildman–Crippen LogP) is 4.50. The van der Waals surface area contributed by atoms with Gasteiger partial charge in [-0.1, -0.05) is 60.7 Å². The van der Waals surface area contributed by atoms with Gasteiger partial charge in [-0.05, 0) is 28.8 Å². The molecule has 0 aliphatic rings. The Morgan fingerprint density at radius 1 is 0.923 bits per heavy atom. The van der Waals surface area contributed by atoms with Crippen LogP contribution >= 0.6 is 0 Å². The van der Waals surface area contributed by atoms with E-state index in [1.807, 2.05) is 67.7 Å². The van der Waals surface area contributed by atoms with Crippen LogP contribution in [0.4, 0.5) is 0 Å². The molecule has 4 aromatic rings. The summed E-state index contributed by atoms with van der Waals surface area (Å²) in [6.45, 7) is 0.527. The molecule has 1 heterocycles. The second-order valence-electron chi connectivity index (χ2n) is 6.36. The van der Waals surface area contributed by atoms with Crippen molar-refractivity contribution in [1.29, 1.82) is 0 Å². The van der Waals surface area contributed by atoms with Gasteiger partial charge in [0.05, 0.1) is 11.7 Å². The molecule has 0 saturated heterocycles. The lowest BCUT2D eigenvalue weighted by atomic mass is 10.0. The molecule has 0 fully saturated rings. The monoisotopic (exact) mass is 341 g/mol. The molecule has 4 heteroatoms. The number of aromatic nitrogens is 2. The molecule has 1 N–H and O–H groups in total. The SMILES string of the molecule is CN(Cc1cccc2cn[nH]c12)C(=O)c1ccc(-c2ccccc2)cc1. The van der Waals surface area contributed by atoms with Crippen LogP contribution in [0.25, 0.3) is 22.0 Å². The van der Waals surface area contributed by atoms with Gasteiger partial charge >= 0.3 is 0 Å². The number of nitrogens with one attached hydrogen (secondary N) is 1. The molecule has 1 aromatic heterocycles. The number of carbonyl (C=O) groups excluding carboxylic acids is 1. The summed E-state index contributed by atoms with van der Waals surface area (Å²) in [4.78, 5) is 14.5. The Kier molecular flexibility index (Phi) is 4.23. The summed E-state index contributed by atoms with van der Waals surface area (Å²) in [5.41, 5.74) is 4.96. The zero-order valence-corrected chi connectivity index (χ0v) is 14.5. The molecule has 4 rings (SSSR count). The van der Waals surface area contributed by atoms with Gasteiger partial charge in [0.1, 0.15) is 0 Å². The van der Waals surface area contributed by atoms with Crippen molar-refractivity contribution in [2.75, 3.05) is 7.05 Å². The molecule has 4 nitrogen and oxygen atoms in total. The maximum Gasteiger partial charge on any atom is 0.253 e. The minimum atomic E-state index is 0.00105. The molecule has 0 radical (unpaired) electrons. The molecule has 0 saturated carbocycles. The zero-order valence-electron chi connectivity index (χ0n) is 14.5. The van der Waals surface area contributed by atoms with Gasteiger partial charge < -0.3 is 4.90 Å². The van der Waals surface area contributed by atoms with E-state index in [1.165, 1.54) is 0 Å². The van der Waals surface area contributed by atoms with Crippen molar-refractivity contribution in [1.82, 2.24) is 15.1 Å². The molecule has 0 aliphatic carbocycles. The fourth-order valence-corrected chi connectivity index (χ4v) is 3.15. The molecule has 128 valence electrons. The van der Waals surface area contributed by atoms with Crippen LogP contribution in [0.5, 0.6) is 0 Å². The summed E-state index contributed by atoms with van der Waals surface area (Å²) >= 11 is 0. The molecule has 3 aromatic carbocycles. The Morgan fingerprint density at radius 2 is 1.65 bits per heavy atom. The van der Waals surface area contributed by atoms with Crippen LogP contribution < -0.4 is 0 Å². The number of amides is 1. The second-order valence-corrected chi connectivity index (χ2v) is 6.36. The number of aromatic amines is 1. The van der Waals surface area contributed by atoms with Crippen molar-refractivity contribution in [3.8, 4) is 11.1 Å². The van der Waals surface area contributed by atoms with Crippen LogP contribution in [0.2, 0.25) is 0 Å². The van der Waals surface area contributed by atoms with Gasteiger partial charge in [0.25, 0.3) is 5.91 Å². The number of H-pyrrole nitrogens is 1. The van der Waals surface area contributed by atoms with Crippen LogP contribution in [-0.4, -0.2) is 28.1 Å². The first-order valence-electron chi connectivity index (χ1n) is 8.54. The lowest BCUT2D eigenvalue weighted by molar-refractivity contribution is 0.0785. The van der Waals surface area contributed by atoms with Crippen molar-refractivity contribution in [3.05, 3.63) is 90.1 Å². The van der Waals surface area contributed by atoms with E-state index in [-0.39, 0.29) is 5.91 Å². The van der Waals surface area contributed by atoms with E-state index in [9.17, 15) is 4.79 Å². The first-order chi connectivity index (χ1) is 12.7. The smallest absolute Gasteiger partial charge is 0.253 e. The van der Waals surface area contributed by atoms with Gasteiger partial charge in [-0.15, -0.1) is 0 Å². The van der Waals surface area contributed by atoms with E-state index in [0.717, 1.165) is 27.6 Å². The molecular formula is C22H19N3O. The standard InChI is InChI=1S/C22H19N3O/c1-25(15-20-9-5-8-19-14-23-24-21(19)20)22(26)18-12-10-17(11-13-18)16-6-3-2-4-7-16/h2-14H,15H2,1H3,(H,23,24). The van der Waals surface area contributed by atoms with E-state index in [2.05, 4.69) is 22.3 Å². The third-order valence-electron chi connectivity index (χ3n) is 4.56. The average molecular weight is 341 g/mol. The van der Waals surface area contributed by atoms with E-state index in [0.29, 0.717) is 12.1 Å². The Bertz CT molecular complexity index is 1040. The van der Waals surface area contributed by atoms with Crippen LogP contribution in [0.3, 0.4) is 0 Å². The van der Waals surface area contributed by atoms with Crippen molar-refractivity contribution >= 4 is 16.8 Å². The first-order valence-corrected chi connectivity index (χ1v) is 8.54. The lowest BCUT2D eigenvalue weighted by Gasteiger charge is -2.18. The van der Waals surface area contributed by atoms with Crippen LogP contribution in [-0.2, 0) is 6.54 Å². The predicted molar refractivity (Wildman–Crippen MR) is 104 cm³/mol. The molecule has 0 atom stereocenters. The Hall–Kier alpha value is -3.40. The normalized spacial score (nSPS) is 10.8. The van der Waals surface area contributed by atoms with E-state index in [1.54, 1.807) is 11.1 Å². The van der Waals surface area contributed by atoms with E-state index in [4.69, 9.17) is 0 Å². The molecule has 0 bridgehead atoms. The average Bonchev–Trinajstić information content (AvgIpc) is 3.18. The van der Waals surface area contributed by atoms with Gasteiger partial charge in [-0.3, -0.25) is 9.89 Å². The summed E-state index contributed by atoms with van der Waals surface area (Å²) < 4.78 is 0. The summed E-state index contributed by atoms with van der Waals surface area (Å²) in [7, 11) is 1.82. The van der Waals surface area contributed by atoms with Crippen molar-refractivity contribution in [3.63, 3.8) is 0 Å². The number of hydrogen-bond donors (Lipinski definition) is 1. The van der Waals surface area contributed by atoms with Crippen molar-refractivity contribution in [2.24, 2.45) is 0 Å². The number of benzene rings is 3. The third-order valence-corrected chi connectivity index (χ3v) is 4.56. The molecule has 0 spiro atoms. The van der Waals surface area contributed by atoms with Crippen LogP contribution in [0, 0.1) is 0 Å². The highest BCUT2D eigenvalue weighted by Gasteiger charge is 2.14. The lowest BCUT2D eigenvalue weighted by Crippen LogP contribution is -2.26. The zero-order chi connectivity index (χ0) is 17.9. The summed E-state index contributed by atoms with van der Waals surface area (Å²) in [6, 6.07) is 23.9. The molecule has 26 heavy (non-hydrogen) atoms. The summed E-state index contributed by atoms with van der Waals surface area (Å²) in [5.74, 6) is 0.00105. The highest BCUT2D eigenvalue weighted by atomic mass is 16.2. The second kappa shape index (κ2) is 6.84. The highest BCUT2D eigenvalue weighted by molar-refractivity contribution is 5.94. The molecule has 1 amide bonds. The number of hydrogen-bond acceptors (Lipinski definition) is 2. The molecular weight excluding hydrogens is 322 g/mol. The largest absolute Gasteiger partial charge is 0.337 e. The quantitative estimate of drug-likeness (QED) is 0.594. The van der Waals surface area contributed by atoms with Crippen molar-refractivity contribution in [2.45, 2.75) is 6.54 Å². The number of para-hydroxylation sites is 1. The first kappa shape index (κ1) is 16.1. The summed E-state index contributed by atoms with van der Waals surface area (Å²) in [6.07, 6.45) is 1.79. The fourth-order valence-electron chi connectivity index (χ4n) is 3.15. The fraction of sp³-hybridized carbons (Fsp3) is 0.0909. The Balaban J connectivity index is 1.52. The van der Waals surface area contributed by atoms with Gasteiger partial charge in [0.2, 0.25) is 0 Å². The van der Waals surface area contributed by atoms with Crippen LogP contribution in [0.1, 0.15) is 15.9 Å². The number of rotatable bonds is 4. The minimum absolute atomic E-state index is 0.00105. The van der Waals surface area contributed by atoms with Gasteiger partial charge in [0.15, 0.2) is 0 Å². The summed E-state index contributed by atoms with van der Waals surface area (Å²) in [5, 5.41) is 8.14. The van der Waals surface area contributed by atoms with Gasteiger partial charge in [0, 0.05) is 24.5 Å². The topological polar surface area (TPSA) is 49.0 Å². The van der Waals surface area contributed by atoms with Crippen LogP contribution in [0.15, 0.2) is 79.0 Å². The number of fused-ring (bicyclic) bond motifs is 1. The third kappa shape index (κ3) is 3.09. The Morgan fingerprint density at radius 3 is 2.42 bits per heavy atom. The van der Waals surface area contributed by atoms with Gasteiger partial charge in [-0.25, -0.2) is 0 Å². The van der Waals surface area contributed by atoms with E-state index >= 15 is 0 Å². The minimum Gasteiger partial charge on any atom is -0.337 e. The Labute approximate surface area is 152 Å². The van der Waals surface area contributed by atoms with Crippen molar-refractivity contribution < 1.29 is 4.79 Å².